The van der Waals surface area contributed by atoms with E-state index in [1.54, 1.807) is 11.0 Å². The summed E-state index contributed by atoms with van der Waals surface area (Å²) < 4.78 is 62.9. The van der Waals surface area contributed by atoms with Crippen LogP contribution < -0.4 is 15.1 Å². The number of sulfone groups is 1. The molecule has 0 radical (unpaired) electrons. The number of carbonyl (C=O) groups is 1. The maximum absolute atomic E-state index is 14.9. The topological polar surface area (TPSA) is 105 Å². The third-order valence-electron chi connectivity index (χ3n) is 6.33. The van der Waals surface area contributed by atoms with E-state index in [-0.39, 0.29) is 41.4 Å². The fraction of sp³-hybridized carbons (Fsp3) is 0.500. The van der Waals surface area contributed by atoms with Crippen molar-refractivity contribution < 1.29 is 31.3 Å². The number of benzene rings is 1. The summed E-state index contributed by atoms with van der Waals surface area (Å²) in [5.41, 5.74) is -0.324. The fourth-order valence-electron chi connectivity index (χ4n) is 4.75. The van der Waals surface area contributed by atoms with Crippen molar-refractivity contribution in [3.05, 3.63) is 36.1 Å². The average Bonchev–Trinajstić information content (AvgIpc) is 3.35. The number of carbonyl (C=O) groups excluding carboxylic acids is 1. The fourth-order valence-corrected chi connectivity index (χ4v) is 7.11. The Morgan fingerprint density at radius 3 is 2.47 bits per heavy atom. The molecule has 3 saturated heterocycles. The first-order chi connectivity index (χ1) is 15.2. The number of rotatable bonds is 5. The first-order valence-corrected chi connectivity index (χ1v) is 12.1. The zero-order valence-electron chi connectivity index (χ0n) is 17.1. The van der Waals surface area contributed by atoms with Gasteiger partial charge in [0.1, 0.15) is 18.1 Å². The van der Waals surface area contributed by atoms with Gasteiger partial charge in [-0.2, -0.15) is 0 Å². The average molecular weight is 468 g/mol. The molecule has 172 valence electrons. The van der Waals surface area contributed by atoms with Crippen LogP contribution in [0.15, 0.2) is 29.0 Å². The molecule has 0 bridgehead atoms. The minimum Gasteiger partial charge on any atom is -0.442 e. The molecule has 9 nitrogen and oxygen atoms in total. The van der Waals surface area contributed by atoms with Crippen molar-refractivity contribution in [1.29, 1.82) is 0 Å². The van der Waals surface area contributed by atoms with Crippen molar-refractivity contribution in [2.24, 2.45) is 5.41 Å². The number of hydrogen-bond donors (Lipinski definition) is 1. The van der Waals surface area contributed by atoms with E-state index >= 15 is 0 Å². The van der Waals surface area contributed by atoms with Crippen LogP contribution in [0.25, 0.3) is 0 Å². The van der Waals surface area contributed by atoms with E-state index in [9.17, 15) is 22.0 Å². The molecule has 3 fully saturated rings. The highest BCUT2D eigenvalue weighted by atomic mass is 32.2. The molecule has 1 aromatic carbocycles. The first-order valence-electron chi connectivity index (χ1n) is 10.3. The van der Waals surface area contributed by atoms with Gasteiger partial charge in [-0.15, -0.1) is 0 Å². The Labute approximate surface area is 183 Å². The van der Waals surface area contributed by atoms with Crippen LogP contribution in [0.5, 0.6) is 0 Å². The highest BCUT2D eigenvalue weighted by molar-refractivity contribution is 7.92. The second-order valence-corrected chi connectivity index (χ2v) is 10.7. The third kappa shape index (κ3) is 3.87. The monoisotopic (exact) mass is 468 g/mol. The van der Waals surface area contributed by atoms with Gasteiger partial charge in [0.2, 0.25) is 0 Å². The third-order valence-corrected chi connectivity index (χ3v) is 8.43. The Kier molecular flexibility index (Phi) is 4.99. The highest BCUT2D eigenvalue weighted by Crippen LogP contribution is 2.44. The number of anilines is 3. The normalized spacial score (nSPS) is 23.8. The lowest BCUT2D eigenvalue weighted by Gasteiger charge is -2.47. The summed E-state index contributed by atoms with van der Waals surface area (Å²) in [5.74, 6) is -0.740. The zero-order chi connectivity index (χ0) is 22.5. The lowest BCUT2D eigenvalue weighted by molar-refractivity contribution is 0.147. The Morgan fingerprint density at radius 1 is 1.19 bits per heavy atom. The summed E-state index contributed by atoms with van der Waals surface area (Å²) in [6.45, 7) is 1.15. The van der Waals surface area contributed by atoms with Crippen LogP contribution in [0.1, 0.15) is 12.8 Å². The van der Waals surface area contributed by atoms with Crippen molar-refractivity contribution in [1.82, 2.24) is 5.16 Å². The number of ether oxygens (including phenoxy) is 1. The number of nitrogens with zero attached hydrogens (tertiary/aromatic N) is 3. The van der Waals surface area contributed by atoms with Crippen LogP contribution in [-0.4, -0.2) is 63.5 Å². The van der Waals surface area contributed by atoms with Gasteiger partial charge in [-0.1, -0.05) is 5.16 Å². The summed E-state index contributed by atoms with van der Waals surface area (Å²) in [5, 5.41) is 6.66. The predicted octanol–water partition coefficient (Wildman–Crippen LogP) is 2.41. The second kappa shape index (κ2) is 7.61. The summed E-state index contributed by atoms with van der Waals surface area (Å²) in [4.78, 5) is 15.1. The van der Waals surface area contributed by atoms with Crippen LogP contribution in [0, 0.1) is 17.0 Å². The second-order valence-electron chi connectivity index (χ2n) is 8.66. The number of nitrogens with one attached hydrogen (secondary N) is 1. The van der Waals surface area contributed by atoms with Gasteiger partial charge < -0.3 is 19.5 Å². The van der Waals surface area contributed by atoms with E-state index in [4.69, 9.17) is 9.26 Å². The lowest BCUT2D eigenvalue weighted by Crippen LogP contribution is -2.54. The van der Waals surface area contributed by atoms with Gasteiger partial charge in [-0.25, -0.2) is 22.0 Å². The number of aromatic nitrogens is 1. The first kappa shape index (κ1) is 21.0. The molecular formula is C20H22F2N4O5S. The lowest BCUT2D eigenvalue weighted by atomic mass is 9.81. The minimum atomic E-state index is -2.96. The molecule has 1 spiro atoms. The molecule has 1 atom stereocenters. The molecule has 3 aliphatic heterocycles. The van der Waals surface area contributed by atoms with E-state index in [1.165, 1.54) is 11.2 Å². The van der Waals surface area contributed by atoms with Crippen LogP contribution in [0.3, 0.4) is 0 Å². The standard InChI is InChI=1S/C20H22F2N4O5S/c21-15-7-13(26-10-14(31-19(26)27)9-23-17-1-6-30-24-17)8-16(22)18(15)25-4-2-20(3-5-25)11-32(28,29)12-20/h1,6-8,14H,2-5,9-12H2,(H,23,24)/t14-/m0/s1. The van der Waals surface area contributed by atoms with Gasteiger partial charge in [0.25, 0.3) is 0 Å². The largest absolute Gasteiger partial charge is 0.442 e. The van der Waals surface area contributed by atoms with Gasteiger partial charge in [-0.05, 0) is 12.8 Å². The number of amides is 1. The molecule has 1 amide bonds. The van der Waals surface area contributed by atoms with Crippen LogP contribution in [-0.2, 0) is 14.6 Å². The maximum atomic E-state index is 14.9. The molecule has 0 saturated carbocycles. The molecule has 3 aliphatic rings. The van der Waals surface area contributed by atoms with Gasteiger partial charge in [0.15, 0.2) is 27.3 Å². The van der Waals surface area contributed by atoms with E-state index in [2.05, 4.69) is 10.5 Å². The van der Waals surface area contributed by atoms with E-state index in [0.29, 0.717) is 31.7 Å². The van der Waals surface area contributed by atoms with E-state index < -0.39 is 33.7 Å². The van der Waals surface area contributed by atoms with Crippen molar-refractivity contribution in [3.8, 4) is 0 Å². The minimum absolute atomic E-state index is 0.0799. The quantitative estimate of drug-likeness (QED) is 0.713. The number of halogens is 2. The Hall–Kier alpha value is -2.89. The zero-order valence-corrected chi connectivity index (χ0v) is 17.9. The van der Waals surface area contributed by atoms with Crippen LogP contribution in [0.4, 0.5) is 30.8 Å². The summed E-state index contributed by atoms with van der Waals surface area (Å²) in [6, 6.07) is 3.88. The van der Waals surface area contributed by atoms with Gasteiger partial charge in [-0.3, -0.25) is 4.90 Å². The number of hydrogen-bond acceptors (Lipinski definition) is 8. The highest BCUT2D eigenvalue weighted by Gasteiger charge is 2.49. The Morgan fingerprint density at radius 2 is 1.88 bits per heavy atom. The maximum Gasteiger partial charge on any atom is 0.414 e. The van der Waals surface area contributed by atoms with Gasteiger partial charge >= 0.3 is 6.09 Å². The Bertz CT molecular complexity index is 1100. The molecule has 12 heteroatoms. The van der Waals surface area contributed by atoms with Crippen LogP contribution in [0.2, 0.25) is 0 Å². The molecule has 32 heavy (non-hydrogen) atoms. The van der Waals surface area contributed by atoms with Gasteiger partial charge in [0, 0.05) is 36.7 Å². The van der Waals surface area contributed by atoms with E-state index in [0.717, 1.165) is 12.1 Å². The Balaban J connectivity index is 1.25. The number of piperidine rings is 1. The van der Waals surface area contributed by atoms with E-state index in [1.807, 2.05) is 0 Å². The smallest absolute Gasteiger partial charge is 0.414 e. The molecule has 5 rings (SSSR count). The predicted molar refractivity (Wildman–Crippen MR) is 111 cm³/mol. The molecule has 1 aromatic heterocycles. The van der Waals surface area contributed by atoms with Crippen molar-refractivity contribution in [2.75, 3.05) is 52.8 Å². The molecule has 2 aromatic rings. The van der Waals surface area contributed by atoms with Crippen LogP contribution >= 0.6 is 0 Å². The molecule has 1 N–H and O–H groups in total. The van der Waals surface area contributed by atoms with Gasteiger partial charge in [0.05, 0.1) is 30.3 Å². The number of cyclic esters (lactones) is 1. The van der Waals surface area contributed by atoms with Crippen molar-refractivity contribution in [2.45, 2.75) is 18.9 Å². The molecule has 0 aliphatic carbocycles. The molecular weight excluding hydrogens is 446 g/mol. The molecule has 4 heterocycles. The molecule has 0 unspecified atom stereocenters. The SMILES string of the molecule is O=C1O[C@@H](CNc2ccon2)CN1c1cc(F)c(N2CCC3(CC2)CS(=O)(=O)C3)c(F)c1. The summed E-state index contributed by atoms with van der Waals surface area (Å²) >= 11 is 0. The summed E-state index contributed by atoms with van der Waals surface area (Å²) in [7, 11) is -2.96. The van der Waals surface area contributed by atoms with Crippen molar-refractivity contribution >= 4 is 33.1 Å². The van der Waals surface area contributed by atoms with Crippen molar-refractivity contribution in [3.63, 3.8) is 0 Å². The summed E-state index contributed by atoms with van der Waals surface area (Å²) in [6.07, 6.45) is 1.34.